The van der Waals surface area contributed by atoms with Crippen LogP contribution in [0.5, 0.6) is 5.75 Å². The first-order chi connectivity index (χ1) is 5.90. The Balaban J connectivity index is 3.08. The van der Waals surface area contributed by atoms with Crippen LogP contribution in [0.3, 0.4) is 0 Å². The zero-order valence-electron chi connectivity index (χ0n) is 7.66. The molecule has 0 aromatic carbocycles. The minimum absolute atomic E-state index is 0.318. The molecule has 1 N–H and O–H groups in total. The van der Waals surface area contributed by atoms with Crippen molar-refractivity contribution in [3.8, 4) is 5.75 Å². The van der Waals surface area contributed by atoms with Gasteiger partial charge in [-0.2, -0.15) is 0 Å². The van der Waals surface area contributed by atoms with Crippen LogP contribution in [0.25, 0.3) is 0 Å². The maximum atomic E-state index is 5.55. The molecule has 1 aromatic heterocycles. The van der Waals surface area contributed by atoms with Crippen molar-refractivity contribution < 1.29 is 4.74 Å². The van der Waals surface area contributed by atoms with Crippen molar-refractivity contribution in [2.24, 2.45) is 0 Å². The highest BCUT2D eigenvalue weighted by Gasteiger charge is 2.15. The summed E-state index contributed by atoms with van der Waals surface area (Å²) < 4.78 is 5.96. The number of aromatic nitrogens is 3. The number of hydrogen-bond acceptors (Lipinski definition) is 5. The Labute approximate surface area is 87.1 Å². The lowest BCUT2D eigenvalue weighted by Gasteiger charge is -2.21. The van der Waals surface area contributed by atoms with Gasteiger partial charge in [-0.25, -0.2) is 5.10 Å². The Kier molecular flexibility index (Phi) is 2.92. The van der Waals surface area contributed by atoms with Gasteiger partial charge < -0.3 is 4.74 Å². The van der Waals surface area contributed by atoms with Gasteiger partial charge in [-0.05, 0) is 20.8 Å². The van der Waals surface area contributed by atoms with E-state index in [2.05, 4.69) is 28.0 Å². The number of aromatic amines is 1. The summed E-state index contributed by atoms with van der Waals surface area (Å²) in [5.41, 5.74) is -0.318. The second-order valence-corrected chi connectivity index (χ2v) is 4.34. The van der Waals surface area contributed by atoms with E-state index >= 15 is 0 Å². The van der Waals surface area contributed by atoms with E-state index in [9.17, 15) is 0 Å². The molecule has 0 aliphatic heterocycles. The highest BCUT2D eigenvalue weighted by atomic mass is 32.1. The molecule has 0 radical (unpaired) electrons. The Morgan fingerprint density at radius 3 is 2.54 bits per heavy atom. The summed E-state index contributed by atoms with van der Waals surface area (Å²) >= 11 is 9.07. The number of H-pyrrole nitrogens is 1. The average Bonchev–Trinajstić information content (AvgIpc) is 1.95. The predicted molar refractivity (Wildman–Crippen MR) is 54.8 cm³/mol. The smallest absolute Gasteiger partial charge is 0.190 e. The lowest BCUT2D eigenvalue weighted by atomic mass is 10.2. The van der Waals surface area contributed by atoms with Crippen LogP contribution in [0.15, 0.2) is 5.03 Å². The largest absolute Gasteiger partial charge is 0.482 e. The van der Waals surface area contributed by atoms with Gasteiger partial charge in [0.15, 0.2) is 15.4 Å². The molecule has 0 amide bonds. The molecule has 13 heavy (non-hydrogen) atoms. The van der Waals surface area contributed by atoms with Gasteiger partial charge in [-0.15, -0.1) is 17.7 Å². The zero-order chi connectivity index (χ0) is 10.1. The number of thiol groups is 1. The summed E-state index contributed by atoms with van der Waals surface area (Å²) in [6.45, 7) is 5.78. The zero-order valence-corrected chi connectivity index (χ0v) is 9.37. The summed E-state index contributed by atoms with van der Waals surface area (Å²) in [5.74, 6) is 0.473. The molecule has 0 aliphatic rings. The second-order valence-electron chi connectivity index (χ2n) is 3.51. The Morgan fingerprint density at radius 2 is 2.08 bits per heavy atom. The van der Waals surface area contributed by atoms with Crippen LogP contribution >= 0.6 is 24.8 Å². The van der Waals surface area contributed by atoms with Crippen LogP contribution in [-0.4, -0.2) is 21.0 Å². The Hall–Kier alpha value is -0.620. The monoisotopic (exact) mass is 217 g/mol. The van der Waals surface area contributed by atoms with Crippen LogP contribution in [0.1, 0.15) is 20.8 Å². The Bertz CT molecular complexity index is 355. The third-order valence-corrected chi connectivity index (χ3v) is 1.68. The fourth-order valence-corrected chi connectivity index (χ4v) is 1.17. The topological polar surface area (TPSA) is 50.8 Å². The molecule has 0 saturated carbocycles. The van der Waals surface area contributed by atoms with Gasteiger partial charge in [0, 0.05) is 0 Å². The first-order valence-corrected chi connectivity index (χ1v) is 4.59. The minimum Gasteiger partial charge on any atom is -0.482 e. The van der Waals surface area contributed by atoms with E-state index in [1.165, 1.54) is 0 Å². The van der Waals surface area contributed by atoms with Crippen molar-refractivity contribution in [1.29, 1.82) is 0 Å². The molecule has 0 unspecified atom stereocenters. The molecule has 72 valence electrons. The fraction of sp³-hybridized carbons (Fsp3) is 0.571. The third-order valence-electron chi connectivity index (χ3n) is 1.11. The second kappa shape index (κ2) is 3.63. The summed E-state index contributed by atoms with van der Waals surface area (Å²) in [6, 6.07) is 0. The SMILES string of the molecule is CC(C)(C)Oc1c(S)nn[nH]c1=S. The predicted octanol–water partition coefficient (Wildman–Crippen LogP) is 2.00. The van der Waals surface area contributed by atoms with Crippen LogP contribution < -0.4 is 4.74 Å². The molecule has 6 heteroatoms. The van der Waals surface area contributed by atoms with Crippen LogP contribution in [0.2, 0.25) is 0 Å². The highest BCUT2D eigenvalue weighted by molar-refractivity contribution is 7.80. The molecule has 1 heterocycles. The van der Waals surface area contributed by atoms with Gasteiger partial charge in [0.2, 0.25) is 0 Å². The Morgan fingerprint density at radius 1 is 1.46 bits per heavy atom. The summed E-state index contributed by atoms with van der Waals surface area (Å²) in [6.07, 6.45) is 0. The minimum atomic E-state index is -0.318. The van der Waals surface area contributed by atoms with Gasteiger partial charge in [-0.1, -0.05) is 17.4 Å². The molecule has 1 rings (SSSR count). The van der Waals surface area contributed by atoms with Crippen molar-refractivity contribution in [3.63, 3.8) is 0 Å². The molecule has 4 nitrogen and oxygen atoms in total. The molecule has 0 saturated heterocycles. The summed E-state index contributed by atoms with van der Waals surface area (Å²) in [7, 11) is 0. The summed E-state index contributed by atoms with van der Waals surface area (Å²) in [5, 5.41) is 10.2. The third kappa shape index (κ3) is 2.96. The van der Waals surface area contributed by atoms with E-state index in [4.69, 9.17) is 17.0 Å². The van der Waals surface area contributed by atoms with E-state index in [-0.39, 0.29) is 5.60 Å². The van der Waals surface area contributed by atoms with Crippen LogP contribution in [-0.2, 0) is 0 Å². The summed E-state index contributed by atoms with van der Waals surface area (Å²) in [4.78, 5) is 0. The van der Waals surface area contributed by atoms with E-state index < -0.39 is 0 Å². The van der Waals surface area contributed by atoms with Crippen LogP contribution in [0.4, 0.5) is 0 Å². The van der Waals surface area contributed by atoms with Gasteiger partial charge >= 0.3 is 0 Å². The molecule has 0 bridgehead atoms. The standard InChI is InChI=1S/C7H11N3OS2/c1-7(2,3)11-4-5(12)8-10-9-6(4)13/h1-3H3,(H2,8,9,12,13). The number of hydrogen-bond donors (Lipinski definition) is 2. The molecular formula is C7H11N3OS2. The number of nitrogens with zero attached hydrogens (tertiary/aromatic N) is 2. The van der Waals surface area contributed by atoms with Crippen molar-refractivity contribution in [3.05, 3.63) is 4.64 Å². The van der Waals surface area contributed by atoms with E-state index in [1.807, 2.05) is 20.8 Å². The fourth-order valence-electron chi connectivity index (χ4n) is 0.714. The molecule has 0 fully saturated rings. The highest BCUT2D eigenvalue weighted by Crippen LogP contribution is 2.23. The van der Waals surface area contributed by atoms with Crippen molar-refractivity contribution in [2.45, 2.75) is 31.4 Å². The first kappa shape index (κ1) is 10.5. The average molecular weight is 217 g/mol. The number of nitrogens with one attached hydrogen (secondary N) is 1. The van der Waals surface area contributed by atoms with Crippen molar-refractivity contribution in [1.82, 2.24) is 15.4 Å². The van der Waals surface area contributed by atoms with Gasteiger partial charge in [0.05, 0.1) is 0 Å². The van der Waals surface area contributed by atoms with Gasteiger partial charge in [-0.3, -0.25) is 0 Å². The quantitative estimate of drug-likeness (QED) is 0.558. The lowest BCUT2D eigenvalue weighted by Crippen LogP contribution is -2.23. The maximum Gasteiger partial charge on any atom is 0.190 e. The molecular weight excluding hydrogens is 206 g/mol. The molecule has 0 spiro atoms. The molecule has 0 atom stereocenters. The molecule has 0 aliphatic carbocycles. The van der Waals surface area contributed by atoms with Crippen LogP contribution in [0, 0.1) is 4.64 Å². The maximum absolute atomic E-state index is 5.55. The van der Waals surface area contributed by atoms with Gasteiger partial charge in [0.1, 0.15) is 5.60 Å². The number of rotatable bonds is 1. The van der Waals surface area contributed by atoms with E-state index in [1.54, 1.807) is 0 Å². The van der Waals surface area contributed by atoms with Crippen molar-refractivity contribution in [2.75, 3.05) is 0 Å². The van der Waals surface area contributed by atoms with E-state index in [0.717, 1.165) is 0 Å². The normalized spacial score (nSPS) is 11.4. The molecule has 1 aromatic rings. The number of ether oxygens (including phenoxy) is 1. The lowest BCUT2D eigenvalue weighted by molar-refractivity contribution is 0.123. The van der Waals surface area contributed by atoms with Crippen molar-refractivity contribution >= 4 is 24.8 Å². The van der Waals surface area contributed by atoms with E-state index in [0.29, 0.717) is 15.4 Å². The first-order valence-electron chi connectivity index (χ1n) is 3.73. The van der Waals surface area contributed by atoms with Gasteiger partial charge in [0.25, 0.3) is 0 Å².